The molecule has 6 heteroatoms. The van der Waals surface area contributed by atoms with Crippen LogP contribution < -0.4 is 15.5 Å². The van der Waals surface area contributed by atoms with E-state index in [1.165, 1.54) is 12.1 Å². The van der Waals surface area contributed by atoms with Crippen LogP contribution in [0.1, 0.15) is 56.3 Å². The minimum Gasteiger partial charge on any atom is -0.461 e. The molecule has 3 unspecified atom stereocenters. The van der Waals surface area contributed by atoms with Crippen molar-refractivity contribution in [3.05, 3.63) is 78.1 Å². The van der Waals surface area contributed by atoms with Crippen molar-refractivity contribution in [2.45, 2.75) is 69.5 Å². The van der Waals surface area contributed by atoms with Gasteiger partial charge < -0.3 is 20.0 Å². The number of piperidine rings is 1. The number of carbonyl (C=O) groups excluding carboxylic acids is 1. The van der Waals surface area contributed by atoms with Crippen LogP contribution in [0.3, 0.4) is 0 Å². The molecule has 1 amide bonds. The number of nitriles is 1. The third kappa shape index (κ3) is 6.61. The maximum atomic E-state index is 12.9. The molecule has 2 aliphatic rings. The summed E-state index contributed by atoms with van der Waals surface area (Å²) in [6.45, 7) is 1.99. The quantitative estimate of drug-likeness (QED) is 0.434. The third-order valence-electron chi connectivity index (χ3n) is 7.66. The smallest absolute Gasteiger partial charge is 0.220 e. The van der Waals surface area contributed by atoms with Crippen molar-refractivity contribution in [1.82, 2.24) is 10.6 Å². The highest BCUT2D eigenvalue weighted by Crippen LogP contribution is 2.25. The average molecular weight is 497 g/mol. The van der Waals surface area contributed by atoms with Crippen LogP contribution in [0.25, 0.3) is 11.3 Å². The first-order chi connectivity index (χ1) is 18.2. The maximum Gasteiger partial charge on any atom is 0.220 e. The number of benzene rings is 2. The lowest BCUT2D eigenvalue weighted by Gasteiger charge is -2.40. The predicted octanol–water partition coefficient (Wildman–Crippen LogP) is 5.44. The van der Waals surface area contributed by atoms with E-state index in [0.29, 0.717) is 30.5 Å². The summed E-state index contributed by atoms with van der Waals surface area (Å²) in [5.41, 5.74) is 2.92. The number of furan rings is 1. The first-order valence-corrected chi connectivity index (χ1v) is 13.6. The Morgan fingerprint density at radius 1 is 0.946 bits per heavy atom. The summed E-state index contributed by atoms with van der Waals surface area (Å²) in [7, 11) is 0. The lowest BCUT2D eigenvalue weighted by molar-refractivity contribution is -0.122. The number of nitrogens with zero attached hydrogens (tertiary/aromatic N) is 2. The zero-order valence-electron chi connectivity index (χ0n) is 21.4. The maximum absolute atomic E-state index is 12.9. The third-order valence-corrected chi connectivity index (χ3v) is 7.66. The molecule has 0 spiro atoms. The van der Waals surface area contributed by atoms with Gasteiger partial charge in [0.05, 0.1) is 11.6 Å². The normalized spacial score (nSPS) is 21.8. The van der Waals surface area contributed by atoms with Crippen LogP contribution in [0, 0.1) is 11.3 Å². The molecule has 192 valence electrons. The Labute approximate surface area is 219 Å². The molecule has 1 aliphatic carbocycles. The molecule has 0 radical (unpaired) electrons. The van der Waals surface area contributed by atoms with Gasteiger partial charge in [0.15, 0.2) is 0 Å². The highest BCUT2D eigenvalue weighted by Gasteiger charge is 2.30. The van der Waals surface area contributed by atoms with Crippen molar-refractivity contribution in [1.29, 1.82) is 5.26 Å². The van der Waals surface area contributed by atoms with Crippen LogP contribution in [0.4, 0.5) is 5.69 Å². The molecule has 2 fully saturated rings. The van der Waals surface area contributed by atoms with E-state index >= 15 is 0 Å². The second-order valence-electron chi connectivity index (χ2n) is 10.3. The molecular formula is C31H36N4O2. The van der Waals surface area contributed by atoms with Crippen LogP contribution in [0.2, 0.25) is 0 Å². The molecular weight excluding hydrogens is 460 g/mol. The molecule has 6 nitrogen and oxygen atoms in total. The highest BCUT2D eigenvalue weighted by molar-refractivity contribution is 5.76. The highest BCUT2D eigenvalue weighted by atomic mass is 16.3. The number of nitrogens with one attached hydrogen (secondary N) is 2. The predicted molar refractivity (Wildman–Crippen MR) is 146 cm³/mol. The van der Waals surface area contributed by atoms with Crippen molar-refractivity contribution in [3.8, 4) is 17.4 Å². The first kappa shape index (κ1) is 25.1. The van der Waals surface area contributed by atoms with Gasteiger partial charge >= 0.3 is 0 Å². The van der Waals surface area contributed by atoms with Gasteiger partial charge in [-0.3, -0.25) is 4.79 Å². The second-order valence-corrected chi connectivity index (χ2v) is 10.3. The number of carbonyl (C=O) groups is 1. The van der Waals surface area contributed by atoms with E-state index in [9.17, 15) is 4.79 Å². The van der Waals surface area contributed by atoms with Gasteiger partial charge in [0.1, 0.15) is 11.5 Å². The van der Waals surface area contributed by atoms with Gasteiger partial charge in [-0.15, -0.1) is 0 Å². The Hall–Kier alpha value is -3.56. The molecule has 2 aromatic carbocycles. The van der Waals surface area contributed by atoms with Crippen molar-refractivity contribution < 1.29 is 9.21 Å². The van der Waals surface area contributed by atoms with E-state index in [1.54, 1.807) is 0 Å². The number of anilines is 1. The van der Waals surface area contributed by atoms with Crippen LogP contribution in [-0.2, 0) is 11.2 Å². The number of hydrogen-bond acceptors (Lipinski definition) is 5. The minimum absolute atomic E-state index is 0.0965. The van der Waals surface area contributed by atoms with Crippen LogP contribution in [0.15, 0.2) is 71.1 Å². The number of aryl methyl sites for hydroxylation is 1. The van der Waals surface area contributed by atoms with E-state index in [2.05, 4.69) is 21.6 Å². The molecule has 3 aromatic rings. The fourth-order valence-electron chi connectivity index (χ4n) is 5.69. The molecule has 0 bridgehead atoms. The zero-order valence-corrected chi connectivity index (χ0v) is 21.4. The number of amides is 1. The number of hydrogen-bond donors (Lipinski definition) is 2. The minimum atomic E-state index is 0.0965. The summed E-state index contributed by atoms with van der Waals surface area (Å²) in [5, 5.41) is 16.3. The molecule has 1 aromatic heterocycles. The van der Waals surface area contributed by atoms with Crippen molar-refractivity contribution >= 4 is 11.6 Å². The molecule has 3 atom stereocenters. The Balaban J connectivity index is 1.12. The van der Waals surface area contributed by atoms with Gasteiger partial charge in [-0.25, -0.2) is 0 Å². The second kappa shape index (κ2) is 12.1. The average Bonchev–Trinajstić information content (AvgIpc) is 3.43. The standard InChI is InChI=1S/C31H36N4O2/c32-21-23-12-14-26(15-13-23)35-20-6-9-25(22-35)33-28-10-4-5-11-29(28)34-31(36)19-17-27-16-18-30(37-27)24-7-2-1-3-8-24/h1-3,7-8,12-16,18,25,28-29,33H,4-6,9-11,17,19-20,22H2,(H,34,36). The molecule has 37 heavy (non-hydrogen) atoms. The molecule has 1 saturated carbocycles. The van der Waals surface area contributed by atoms with Crippen LogP contribution >= 0.6 is 0 Å². The molecule has 2 heterocycles. The lowest BCUT2D eigenvalue weighted by atomic mass is 9.88. The van der Waals surface area contributed by atoms with E-state index < -0.39 is 0 Å². The van der Waals surface area contributed by atoms with Crippen LogP contribution in [-0.4, -0.2) is 37.1 Å². The van der Waals surface area contributed by atoms with Crippen molar-refractivity contribution in [2.24, 2.45) is 0 Å². The SMILES string of the molecule is N#Cc1ccc(N2CCCC(NC3CCCCC3NC(=O)CCc3ccc(-c4ccccc4)o3)C2)cc1. The fraction of sp³-hybridized carbons (Fsp3) is 0.419. The Morgan fingerprint density at radius 3 is 2.51 bits per heavy atom. The molecule has 1 saturated heterocycles. The van der Waals surface area contributed by atoms with Gasteiger partial charge in [0.25, 0.3) is 0 Å². The van der Waals surface area contributed by atoms with Crippen molar-refractivity contribution in [2.75, 3.05) is 18.0 Å². The monoisotopic (exact) mass is 496 g/mol. The Morgan fingerprint density at radius 2 is 1.73 bits per heavy atom. The zero-order chi connectivity index (χ0) is 25.5. The Bertz CT molecular complexity index is 1200. The summed E-state index contributed by atoms with van der Waals surface area (Å²) < 4.78 is 5.98. The summed E-state index contributed by atoms with van der Waals surface area (Å²) in [4.78, 5) is 15.3. The van der Waals surface area contributed by atoms with Crippen LogP contribution in [0.5, 0.6) is 0 Å². The van der Waals surface area contributed by atoms with Gasteiger partial charge in [-0.2, -0.15) is 5.26 Å². The summed E-state index contributed by atoms with van der Waals surface area (Å²) >= 11 is 0. The van der Waals surface area contributed by atoms with E-state index in [-0.39, 0.29) is 11.9 Å². The van der Waals surface area contributed by atoms with Gasteiger partial charge in [-0.05, 0) is 62.1 Å². The fourth-order valence-corrected chi connectivity index (χ4v) is 5.69. The topological polar surface area (TPSA) is 81.3 Å². The first-order valence-electron chi connectivity index (χ1n) is 13.6. The van der Waals surface area contributed by atoms with E-state index in [4.69, 9.17) is 9.68 Å². The summed E-state index contributed by atoms with van der Waals surface area (Å²) in [5.74, 6) is 1.78. The number of rotatable bonds is 8. The largest absolute Gasteiger partial charge is 0.461 e. The summed E-state index contributed by atoms with van der Waals surface area (Å²) in [6, 6.07) is 24.9. The van der Waals surface area contributed by atoms with Gasteiger partial charge in [0, 0.05) is 55.3 Å². The molecule has 5 rings (SSSR count). The molecule has 2 N–H and O–H groups in total. The van der Waals surface area contributed by atoms with E-state index in [1.807, 2.05) is 66.7 Å². The van der Waals surface area contributed by atoms with Gasteiger partial charge in [-0.1, -0.05) is 43.2 Å². The van der Waals surface area contributed by atoms with E-state index in [0.717, 1.165) is 62.3 Å². The van der Waals surface area contributed by atoms with Crippen molar-refractivity contribution in [3.63, 3.8) is 0 Å². The lowest BCUT2D eigenvalue weighted by Crippen LogP contribution is -2.57. The summed E-state index contributed by atoms with van der Waals surface area (Å²) in [6.07, 6.45) is 7.79. The van der Waals surface area contributed by atoms with Gasteiger partial charge in [0.2, 0.25) is 5.91 Å². The molecule has 1 aliphatic heterocycles. The Kier molecular flexibility index (Phi) is 8.22.